The largest absolute Gasteiger partial charge is 0.491 e. The Bertz CT molecular complexity index is 2360. The average molecular weight is 827 g/mol. The number of piperazine rings is 1. The number of benzene rings is 3. The maximum atomic E-state index is 14.2. The van der Waals surface area contributed by atoms with Crippen molar-refractivity contribution in [3.05, 3.63) is 107 Å². The summed E-state index contributed by atoms with van der Waals surface area (Å²) >= 11 is 8.40. The molecule has 7 rings (SSSR count). The number of fused-ring (bicyclic) bond motifs is 1. The van der Waals surface area contributed by atoms with Gasteiger partial charge < -0.3 is 29.0 Å². The molecule has 3 aromatic heterocycles. The molecule has 3 aromatic carbocycles. The van der Waals surface area contributed by atoms with Crippen LogP contribution in [0.25, 0.3) is 31.8 Å². The third-order valence-corrected chi connectivity index (χ3v) is 11.5. The number of halogens is 2. The zero-order valence-electron chi connectivity index (χ0n) is 32.5. The average Bonchev–Trinajstić information content (AvgIpc) is 3.62. The number of likely N-dealkylation sites (N-methyl/N-ethyl adjacent to an activating group) is 1. The smallest absolute Gasteiger partial charge is 0.345 e. The first-order chi connectivity index (χ1) is 28.2. The van der Waals surface area contributed by atoms with Crippen LogP contribution < -0.4 is 18.9 Å². The van der Waals surface area contributed by atoms with Gasteiger partial charge >= 0.3 is 12.0 Å². The van der Waals surface area contributed by atoms with E-state index in [9.17, 15) is 14.3 Å². The molecule has 1 saturated heterocycles. The van der Waals surface area contributed by atoms with E-state index in [4.69, 9.17) is 30.5 Å². The fourth-order valence-corrected chi connectivity index (χ4v) is 8.03. The van der Waals surface area contributed by atoms with Crippen LogP contribution in [0.4, 0.5) is 4.39 Å². The Balaban J connectivity index is 1.19. The molecule has 1 N–H and O–H groups in total. The number of carbonyl (C=O) groups is 1. The third-order valence-electron chi connectivity index (χ3n) is 9.85. The summed E-state index contributed by atoms with van der Waals surface area (Å²) in [5.74, 6) is -0.444. The van der Waals surface area contributed by atoms with Crippen molar-refractivity contribution in [2.45, 2.75) is 39.4 Å². The summed E-state index contributed by atoms with van der Waals surface area (Å²) in [6, 6.07) is 19.1. The van der Waals surface area contributed by atoms with Gasteiger partial charge in [0.05, 0.1) is 22.7 Å². The molecule has 302 valence electrons. The molecule has 0 radical (unpaired) electrons. The van der Waals surface area contributed by atoms with Crippen molar-refractivity contribution in [1.82, 2.24) is 29.7 Å². The van der Waals surface area contributed by atoms with Crippen LogP contribution in [-0.2, 0) is 17.8 Å². The Morgan fingerprint density at radius 1 is 0.948 bits per heavy atom. The Morgan fingerprint density at radius 2 is 1.74 bits per heavy atom. The maximum Gasteiger partial charge on any atom is 0.345 e. The van der Waals surface area contributed by atoms with Crippen LogP contribution in [0.5, 0.6) is 23.4 Å². The lowest BCUT2D eigenvalue weighted by atomic mass is 9.96. The van der Waals surface area contributed by atoms with E-state index < -0.39 is 12.1 Å². The highest BCUT2D eigenvalue weighted by molar-refractivity contribution is 7.22. The Hall–Kier alpha value is -5.41. The highest BCUT2D eigenvalue weighted by atomic mass is 35.5. The first-order valence-electron chi connectivity index (χ1n) is 19.1. The number of carboxylic acid groups (broad SMARTS) is 1. The molecule has 1 aliphatic rings. The second kappa shape index (κ2) is 18.9. The minimum Gasteiger partial charge on any atom is -0.491 e. The number of rotatable bonds is 17. The van der Waals surface area contributed by atoms with Crippen LogP contribution >= 0.6 is 22.9 Å². The summed E-state index contributed by atoms with van der Waals surface area (Å²) in [6.45, 7) is 9.79. The Morgan fingerprint density at radius 3 is 2.52 bits per heavy atom. The van der Waals surface area contributed by atoms with Crippen LogP contribution in [0, 0.1) is 12.7 Å². The van der Waals surface area contributed by atoms with Gasteiger partial charge in [-0.15, -0.1) is 11.3 Å². The van der Waals surface area contributed by atoms with E-state index in [1.165, 1.54) is 29.8 Å². The highest BCUT2D eigenvalue weighted by Gasteiger charge is 2.28. The quantitative estimate of drug-likeness (QED) is 0.0957. The lowest BCUT2D eigenvalue weighted by molar-refractivity contribution is -0.145. The van der Waals surface area contributed by atoms with Crippen LogP contribution in [-0.4, -0.2) is 99.9 Å². The molecule has 15 heteroatoms. The molecule has 0 amide bonds. The van der Waals surface area contributed by atoms with E-state index in [-0.39, 0.29) is 30.7 Å². The normalized spacial score (nSPS) is 14.0. The molecular formula is C43H44ClFN6O6S. The van der Waals surface area contributed by atoms with Crippen molar-refractivity contribution in [3.8, 4) is 45.0 Å². The van der Waals surface area contributed by atoms with E-state index in [2.05, 4.69) is 36.8 Å². The van der Waals surface area contributed by atoms with Gasteiger partial charge in [-0.05, 0) is 73.0 Å². The number of aromatic nitrogens is 4. The van der Waals surface area contributed by atoms with Gasteiger partial charge in [-0.3, -0.25) is 4.90 Å². The highest BCUT2D eigenvalue weighted by Crippen LogP contribution is 2.49. The molecule has 4 heterocycles. The number of thiophene rings is 1. The van der Waals surface area contributed by atoms with Gasteiger partial charge in [0.15, 0.2) is 0 Å². The lowest BCUT2D eigenvalue weighted by Gasteiger charge is -2.32. The van der Waals surface area contributed by atoms with Crippen LogP contribution in [0.2, 0.25) is 5.02 Å². The van der Waals surface area contributed by atoms with E-state index in [0.29, 0.717) is 56.8 Å². The predicted octanol–water partition coefficient (Wildman–Crippen LogP) is 7.98. The van der Waals surface area contributed by atoms with Crippen LogP contribution in [0.1, 0.15) is 30.2 Å². The topological polar surface area (TPSA) is 132 Å². The summed E-state index contributed by atoms with van der Waals surface area (Å²) in [4.78, 5) is 36.5. The molecule has 0 bridgehead atoms. The summed E-state index contributed by atoms with van der Waals surface area (Å²) in [6.07, 6.45) is 2.37. The van der Waals surface area contributed by atoms with E-state index >= 15 is 0 Å². The van der Waals surface area contributed by atoms with Crippen molar-refractivity contribution >= 4 is 39.1 Å². The molecule has 0 saturated carbocycles. The number of hydrogen-bond donors (Lipinski definition) is 1. The number of ether oxygens (including phenoxy) is 4. The minimum atomic E-state index is -1.36. The second-order valence-electron chi connectivity index (χ2n) is 13.9. The molecular weight excluding hydrogens is 783 g/mol. The number of aliphatic carboxylic acids is 1. The van der Waals surface area contributed by atoms with Crippen molar-refractivity contribution in [1.29, 1.82) is 0 Å². The molecule has 0 unspecified atom stereocenters. The van der Waals surface area contributed by atoms with Crippen molar-refractivity contribution in [3.63, 3.8) is 0 Å². The number of hydrogen-bond acceptors (Lipinski definition) is 12. The molecule has 1 fully saturated rings. The van der Waals surface area contributed by atoms with Gasteiger partial charge in [-0.2, -0.15) is 4.98 Å². The second-order valence-corrected chi connectivity index (χ2v) is 15.3. The molecule has 1 aliphatic heterocycles. The molecule has 0 spiro atoms. The summed E-state index contributed by atoms with van der Waals surface area (Å²) < 4.78 is 38.4. The number of carboxylic acids is 1. The molecule has 1 atom stereocenters. The van der Waals surface area contributed by atoms with Crippen LogP contribution in [0.15, 0.2) is 79.3 Å². The molecule has 12 nitrogen and oxygen atoms in total. The van der Waals surface area contributed by atoms with E-state index in [0.717, 1.165) is 60.7 Å². The van der Waals surface area contributed by atoms with Crippen molar-refractivity contribution in [2.75, 3.05) is 53.0 Å². The zero-order valence-corrected chi connectivity index (χ0v) is 34.1. The molecule has 0 aliphatic carbocycles. The fraction of sp³-hybridized carbons (Fsp3) is 0.326. The number of nitrogens with zero attached hydrogens (tertiary/aromatic N) is 6. The zero-order chi connectivity index (χ0) is 40.6. The maximum absolute atomic E-state index is 14.2. The van der Waals surface area contributed by atoms with Crippen molar-refractivity contribution < 1.29 is 33.2 Å². The fourth-order valence-electron chi connectivity index (χ4n) is 6.65. The van der Waals surface area contributed by atoms with Gasteiger partial charge in [-0.1, -0.05) is 54.9 Å². The van der Waals surface area contributed by atoms with Gasteiger partial charge in [-0.25, -0.2) is 24.1 Å². The van der Waals surface area contributed by atoms with Gasteiger partial charge in [0.25, 0.3) is 0 Å². The summed E-state index contributed by atoms with van der Waals surface area (Å²) in [5, 5.41) is 11.5. The van der Waals surface area contributed by atoms with Gasteiger partial charge in [0, 0.05) is 55.8 Å². The van der Waals surface area contributed by atoms with E-state index in [1.807, 2.05) is 38.1 Å². The van der Waals surface area contributed by atoms with Crippen molar-refractivity contribution in [2.24, 2.45) is 0 Å². The lowest BCUT2D eigenvalue weighted by Crippen LogP contribution is -2.45. The number of para-hydroxylation sites is 1. The predicted molar refractivity (Wildman–Crippen MR) is 222 cm³/mol. The van der Waals surface area contributed by atoms with Gasteiger partial charge in [0.1, 0.15) is 41.7 Å². The van der Waals surface area contributed by atoms with E-state index in [1.54, 1.807) is 36.5 Å². The minimum absolute atomic E-state index is 0.0407. The standard InChI is InChI=1S/C43H44ClFN6O6S/c1-4-22-55-43-46-16-15-31(49-43)25-56-33-8-6-5-7-29(33)24-35(42(52)53)57-40-37-36(39(58-41(37)48-26-47-40)28-9-11-30(45)12-10-28)32-13-14-34(38(44)27(32)2)54-23-21-51-19-17-50(3)18-20-51/h5-16,26,35H,4,17-25H2,1-3H3,(H,52,53)/t35-/m1/s1. The van der Waals surface area contributed by atoms with Crippen LogP contribution in [0.3, 0.4) is 0 Å². The molecule has 58 heavy (non-hydrogen) atoms. The first-order valence-corrected chi connectivity index (χ1v) is 20.3. The monoisotopic (exact) mass is 826 g/mol. The third kappa shape index (κ3) is 9.64. The summed E-state index contributed by atoms with van der Waals surface area (Å²) in [7, 11) is 2.13. The Kier molecular flexibility index (Phi) is 13.3. The summed E-state index contributed by atoms with van der Waals surface area (Å²) in [5.41, 5.74) is 4.13. The SMILES string of the molecule is CCCOc1nccc(COc2ccccc2C[C@@H](Oc2ncnc3sc(-c4ccc(F)cc4)c(-c4ccc(OCCN5CCN(C)CC5)c(Cl)c4C)c23)C(=O)O)n1. The first kappa shape index (κ1) is 40.8. The molecule has 6 aromatic rings. The Labute approximate surface area is 345 Å². The van der Waals surface area contributed by atoms with Gasteiger partial charge in [0.2, 0.25) is 12.0 Å².